The predicted molar refractivity (Wildman–Crippen MR) is 55.3 cm³/mol. The lowest BCUT2D eigenvalue weighted by Gasteiger charge is -2.04. The van der Waals surface area contributed by atoms with Crippen molar-refractivity contribution >= 4 is 0 Å². The van der Waals surface area contributed by atoms with Crippen molar-refractivity contribution in [1.82, 2.24) is 9.78 Å². The highest BCUT2D eigenvalue weighted by atomic mass is 16.4. The van der Waals surface area contributed by atoms with Crippen molar-refractivity contribution in [3.63, 3.8) is 0 Å². The van der Waals surface area contributed by atoms with Gasteiger partial charge in [-0.1, -0.05) is 0 Å². The first-order valence-corrected chi connectivity index (χ1v) is 5.02. The summed E-state index contributed by atoms with van der Waals surface area (Å²) >= 11 is 0. The molecular weight excluding hydrogens is 192 g/mol. The minimum absolute atomic E-state index is 0.535. The second-order valence-electron chi connectivity index (χ2n) is 3.44. The Morgan fingerprint density at radius 3 is 3.07 bits per heavy atom. The van der Waals surface area contributed by atoms with Crippen molar-refractivity contribution in [3.05, 3.63) is 42.1 Å². The van der Waals surface area contributed by atoms with E-state index in [-0.39, 0.29) is 0 Å². The summed E-state index contributed by atoms with van der Waals surface area (Å²) in [6.07, 6.45) is 5.22. The molecule has 0 saturated heterocycles. The molecule has 1 N–H and O–H groups in total. The molecule has 0 amide bonds. The molecule has 80 valence electrons. The van der Waals surface area contributed by atoms with E-state index in [1.165, 1.54) is 0 Å². The molecule has 1 atom stereocenters. The van der Waals surface area contributed by atoms with Crippen molar-refractivity contribution in [1.29, 1.82) is 0 Å². The summed E-state index contributed by atoms with van der Waals surface area (Å²) in [5.74, 6) is 0.597. The highest BCUT2D eigenvalue weighted by Crippen LogP contribution is 2.17. The summed E-state index contributed by atoms with van der Waals surface area (Å²) in [7, 11) is 0. The number of hydrogen-bond acceptors (Lipinski definition) is 3. The van der Waals surface area contributed by atoms with Crippen LogP contribution in [0.15, 0.2) is 35.2 Å². The van der Waals surface area contributed by atoms with Gasteiger partial charge in [0.15, 0.2) is 0 Å². The minimum Gasteiger partial charge on any atom is -0.467 e. The summed E-state index contributed by atoms with van der Waals surface area (Å²) in [6.45, 7) is 2.87. The van der Waals surface area contributed by atoms with E-state index in [1.54, 1.807) is 24.6 Å². The monoisotopic (exact) mass is 206 g/mol. The molecule has 2 heterocycles. The molecule has 4 heteroatoms. The molecule has 0 fully saturated rings. The lowest BCUT2D eigenvalue weighted by molar-refractivity contribution is 0.150. The molecule has 2 aromatic heterocycles. The largest absolute Gasteiger partial charge is 0.467 e. The molecule has 4 nitrogen and oxygen atoms in total. The number of nitrogens with zero attached hydrogens (tertiary/aromatic N) is 2. The van der Waals surface area contributed by atoms with Gasteiger partial charge in [-0.15, -0.1) is 0 Å². The second-order valence-corrected chi connectivity index (χ2v) is 3.44. The first-order valence-electron chi connectivity index (χ1n) is 5.02. The van der Waals surface area contributed by atoms with Gasteiger partial charge in [-0.2, -0.15) is 5.10 Å². The lowest BCUT2D eigenvalue weighted by Crippen LogP contribution is -1.99. The standard InChI is InChI=1S/C11H14N2O2/c1-2-13-8-9(7-12-13)6-10(14)11-4-3-5-15-11/h3-5,7-8,10,14H,2,6H2,1H3. The third kappa shape index (κ3) is 2.27. The van der Waals surface area contributed by atoms with E-state index in [0.717, 1.165) is 12.1 Å². The molecule has 0 aliphatic rings. The maximum atomic E-state index is 9.81. The van der Waals surface area contributed by atoms with Crippen LogP contribution in [-0.4, -0.2) is 14.9 Å². The summed E-state index contributed by atoms with van der Waals surface area (Å²) < 4.78 is 6.96. The molecule has 0 bridgehead atoms. The number of aliphatic hydroxyl groups is 1. The molecule has 1 unspecified atom stereocenters. The molecule has 2 rings (SSSR count). The molecule has 0 aliphatic carbocycles. The Bertz CT molecular complexity index is 406. The Morgan fingerprint density at radius 2 is 2.47 bits per heavy atom. The molecular formula is C11H14N2O2. The van der Waals surface area contributed by atoms with Gasteiger partial charge in [0.2, 0.25) is 0 Å². The van der Waals surface area contributed by atoms with E-state index in [4.69, 9.17) is 4.42 Å². The van der Waals surface area contributed by atoms with Gasteiger partial charge >= 0.3 is 0 Å². The van der Waals surface area contributed by atoms with Crippen molar-refractivity contribution in [3.8, 4) is 0 Å². The zero-order valence-electron chi connectivity index (χ0n) is 8.63. The van der Waals surface area contributed by atoms with E-state index in [9.17, 15) is 5.11 Å². The number of aryl methyl sites for hydroxylation is 1. The minimum atomic E-state index is -0.588. The van der Waals surface area contributed by atoms with Gasteiger partial charge in [-0.3, -0.25) is 4.68 Å². The normalized spacial score (nSPS) is 12.9. The maximum absolute atomic E-state index is 9.81. The average molecular weight is 206 g/mol. The Morgan fingerprint density at radius 1 is 1.60 bits per heavy atom. The Kier molecular flexibility index (Phi) is 2.87. The highest BCUT2D eigenvalue weighted by molar-refractivity contribution is 5.10. The van der Waals surface area contributed by atoms with Crippen LogP contribution in [-0.2, 0) is 13.0 Å². The van der Waals surface area contributed by atoms with Crippen LogP contribution in [0.4, 0.5) is 0 Å². The van der Waals surface area contributed by atoms with Gasteiger partial charge in [-0.25, -0.2) is 0 Å². The van der Waals surface area contributed by atoms with Crippen LogP contribution in [0, 0.1) is 0 Å². The lowest BCUT2D eigenvalue weighted by atomic mass is 10.1. The number of aromatic nitrogens is 2. The van der Waals surface area contributed by atoms with E-state index < -0.39 is 6.10 Å². The number of furan rings is 1. The van der Waals surface area contributed by atoms with Gasteiger partial charge < -0.3 is 9.52 Å². The van der Waals surface area contributed by atoms with Crippen LogP contribution in [0.5, 0.6) is 0 Å². The first kappa shape index (κ1) is 9.98. The number of aliphatic hydroxyl groups excluding tert-OH is 1. The smallest absolute Gasteiger partial charge is 0.132 e. The van der Waals surface area contributed by atoms with Crippen molar-refractivity contribution < 1.29 is 9.52 Å². The van der Waals surface area contributed by atoms with E-state index in [1.807, 2.05) is 17.8 Å². The van der Waals surface area contributed by atoms with Crippen molar-refractivity contribution in [2.75, 3.05) is 0 Å². The number of rotatable bonds is 4. The third-order valence-electron chi connectivity index (χ3n) is 2.31. The van der Waals surface area contributed by atoms with Gasteiger partial charge in [0.25, 0.3) is 0 Å². The van der Waals surface area contributed by atoms with Gasteiger partial charge in [0.05, 0.1) is 12.5 Å². The predicted octanol–water partition coefficient (Wildman–Crippen LogP) is 1.77. The SMILES string of the molecule is CCn1cc(CC(O)c2ccco2)cn1. The Balaban J connectivity index is 2.02. The fraction of sp³-hybridized carbons (Fsp3) is 0.364. The summed E-state index contributed by atoms with van der Waals surface area (Å²) in [6, 6.07) is 3.54. The van der Waals surface area contributed by atoms with Crippen LogP contribution < -0.4 is 0 Å². The first-order chi connectivity index (χ1) is 7.29. The van der Waals surface area contributed by atoms with E-state index in [0.29, 0.717) is 12.2 Å². The molecule has 0 aliphatic heterocycles. The second kappa shape index (κ2) is 4.31. The van der Waals surface area contributed by atoms with Crippen LogP contribution in [0.1, 0.15) is 24.4 Å². The van der Waals surface area contributed by atoms with Crippen LogP contribution in [0.2, 0.25) is 0 Å². The van der Waals surface area contributed by atoms with Crippen molar-refractivity contribution in [2.24, 2.45) is 0 Å². The van der Waals surface area contributed by atoms with E-state index in [2.05, 4.69) is 5.10 Å². The molecule has 0 aromatic carbocycles. The molecule has 0 spiro atoms. The Hall–Kier alpha value is -1.55. The third-order valence-corrected chi connectivity index (χ3v) is 2.31. The zero-order chi connectivity index (χ0) is 10.7. The van der Waals surface area contributed by atoms with E-state index >= 15 is 0 Å². The topological polar surface area (TPSA) is 51.2 Å². The molecule has 0 radical (unpaired) electrons. The summed E-state index contributed by atoms with van der Waals surface area (Å²) in [5, 5.41) is 14.0. The van der Waals surface area contributed by atoms with Gasteiger partial charge in [0.1, 0.15) is 11.9 Å². The van der Waals surface area contributed by atoms with Crippen LogP contribution in [0.3, 0.4) is 0 Å². The molecule has 2 aromatic rings. The molecule has 15 heavy (non-hydrogen) atoms. The van der Waals surface area contributed by atoms with Crippen LogP contribution >= 0.6 is 0 Å². The Labute approximate surface area is 88.1 Å². The fourth-order valence-corrected chi connectivity index (χ4v) is 1.49. The van der Waals surface area contributed by atoms with Crippen molar-refractivity contribution in [2.45, 2.75) is 26.0 Å². The summed E-state index contributed by atoms with van der Waals surface area (Å²) in [4.78, 5) is 0. The van der Waals surface area contributed by atoms with Gasteiger partial charge in [-0.05, 0) is 24.6 Å². The number of hydrogen-bond donors (Lipinski definition) is 1. The fourth-order valence-electron chi connectivity index (χ4n) is 1.49. The highest BCUT2D eigenvalue weighted by Gasteiger charge is 2.11. The quantitative estimate of drug-likeness (QED) is 0.829. The van der Waals surface area contributed by atoms with Crippen LogP contribution in [0.25, 0.3) is 0 Å². The maximum Gasteiger partial charge on any atom is 0.132 e. The molecule has 0 saturated carbocycles. The zero-order valence-corrected chi connectivity index (χ0v) is 8.63. The van der Waals surface area contributed by atoms with Gasteiger partial charge in [0, 0.05) is 19.2 Å². The average Bonchev–Trinajstić information content (AvgIpc) is 2.87. The summed E-state index contributed by atoms with van der Waals surface area (Å²) in [5.41, 5.74) is 1.01.